The van der Waals surface area contributed by atoms with Gasteiger partial charge in [0.25, 0.3) is 0 Å². The maximum absolute atomic E-state index is 6.94. The predicted molar refractivity (Wildman–Crippen MR) is 343 cm³/mol. The number of rotatable bonds is 5. The number of hydrogen-bond donors (Lipinski definition) is 0. The van der Waals surface area contributed by atoms with E-state index < -0.39 is 5.41 Å². The molecule has 1 spiro atoms. The van der Waals surface area contributed by atoms with E-state index in [9.17, 15) is 0 Å². The van der Waals surface area contributed by atoms with Crippen molar-refractivity contribution in [1.82, 2.24) is 0 Å². The van der Waals surface area contributed by atoms with Gasteiger partial charge in [-0.2, -0.15) is 0 Å². The summed E-state index contributed by atoms with van der Waals surface area (Å²) in [6.45, 7) is 4.75. The summed E-state index contributed by atoms with van der Waals surface area (Å²) in [6.07, 6.45) is 0. The van der Waals surface area contributed by atoms with Gasteiger partial charge in [-0.3, -0.25) is 0 Å². The summed E-state index contributed by atoms with van der Waals surface area (Å²) in [5, 5.41) is 11.9. The van der Waals surface area contributed by atoms with E-state index in [4.69, 9.17) is 4.42 Å². The largest absolute Gasteiger partial charge is 0.455 e. The van der Waals surface area contributed by atoms with Crippen LogP contribution in [0.25, 0.3) is 121 Å². The van der Waals surface area contributed by atoms with Gasteiger partial charge >= 0.3 is 0 Å². The van der Waals surface area contributed by atoms with Crippen LogP contribution < -0.4 is 4.90 Å². The minimum Gasteiger partial charge on any atom is -0.455 e. The molecule has 0 aliphatic heterocycles. The Kier molecular flexibility index (Phi) is 9.25. The molecule has 1 aromatic heterocycles. The SMILES string of the molecule is CC1(C)c2ccccc2-c2cc(N(c3ccc4c(c3)C3(c5ccccc5-c5ccccc53)c3ccccc3-4)c3ccc4c5ccccc5c5ccccc5c4c3-c3ccc4c(ccc5c4oc4cccc(-c6ccccc6)c45)c3)ccc21. The van der Waals surface area contributed by atoms with E-state index in [0.29, 0.717) is 0 Å². The van der Waals surface area contributed by atoms with Crippen LogP contribution in [0.5, 0.6) is 0 Å². The molecular weight excluding hydrogens is 991 g/mol. The predicted octanol–water partition coefficient (Wildman–Crippen LogP) is 21.7. The normalized spacial score (nSPS) is 13.9. The second-order valence-electron chi connectivity index (χ2n) is 23.4. The van der Waals surface area contributed by atoms with Crippen molar-refractivity contribution in [2.45, 2.75) is 24.7 Å². The molecular formula is C80H51NO. The van der Waals surface area contributed by atoms with E-state index >= 15 is 0 Å². The van der Waals surface area contributed by atoms with E-state index in [1.165, 1.54) is 116 Å². The second kappa shape index (κ2) is 16.6. The summed E-state index contributed by atoms with van der Waals surface area (Å²) in [5.41, 5.74) is 24.8. The fourth-order valence-electron chi connectivity index (χ4n) is 15.6. The van der Waals surface area contributed by atoms with Gasteiger partial charge in [0.05, 0.1) is 11.1 Å². The Morgan fingerprint density at radius 3 is 1.51 bits per heavy atom. The van der Waals surface area contributed by atoms with Gasteiger partial charge < -0.3 is 9.32 Å². The lowest BCUT2D eigenvalue weighted by molar-refractivity contribution is 0.660. The molecule has 3 aliphatic rings. The lowest BCUT2D eigenvalue weighted by atomic mass is 9.70. The monoisotopic (exact) mass is 1040 g/mol. The first-order valence-corrected chi connectivity index (χ1v) is 28.7. The van der Waals surface area contributed by atoms with E-state index in [1.807, 2.05) is 0 Å². The molecule has 0 radical (unpaired) electrons. The Hall–Kier alpha value is -10.3. The van der Waals surface area contributed by atoms with E-state index in [1.54, 1.807) is 0 Å². The average Bonchev–Trinajstić information content (AvgIpc) is 4.36. The minimum absolute atomic E-state index is 0.155. The van der Waals surface area contributed by atoms with Gasteiger partial charge in [0, 0.05) is 43.9 Å². The topological polar surface area (TPSA) is 16.4 Å². The third-order valence-electron chi connectivity index (χ3n) is 19.0. The highest BCUT2D eigenvalue weighted by Gasteiger charge is 2.52. The molecule has 382 valence electrons. The van der Waals surface area contributed by atoms with Crippen LogP contribution in [-0.4, -0.2) is 0 Å². The van der Waals surface area contributed by atoms with Crippen LogP contribution >= 0.6 is 0 Å². The smallest absolute Gasteiger partial charge is 0.143 e. The number of benzene rings is 14. The van der Waals surface area contributed by atoms with E-state index in [0.717, 1.165) is 55.3 Å². The Morgan fingerprint density at radius 1 is 0.305 bits per heavy atom. The second-order valence-corrected chi connectivity index (χ2v) is 23.4. The molecule has 14 aromatic carbocycles. The van der Waals surface area contributed by atoms with Crippen LogP contribution in [0.3, 0.4) is 0 Å². The van der Waals surface area contributed by atoms with Crippen LogP contribution in [-0.2, 0) is 10.8 Å². The maximum Gasteiger partial charge on any atom is 0.143 e. The number of nitrogens with zero attached hydrogens (tertiary/aromatic N) is 1. The zero-order valence-electron chi connectivity index (χ0n) is 45.3. The molecule has 2 nitrogen and oxygen atoms in total. The molecule has 18 rings (SSSR count). The lowest BCUT2D eigenvalue weighted by Crippen LogP contribution is -2.26. The van der Waals surface area contributed by atoms with Gasteiger partial charge in [-0.15, -0.1) is 0 Å². The number of fused-ring (bicyclic) bond motifs is 24. The molecule has 0 atom stereocenters. The molecule has 0 amide bonds. The summed E-state index contributed by atoms with van der Waals surface area (Å²) >= 11 is 0. The van der Waals surface area contributed by atoms with Crippen molar-refractivity contribution in [3.63, 3.8) is 0 Å². The third-order valence-corrected chi connectivity index (χ3v) is 19.0. The fraction of sp³-hybridized carbons (Fsp3) is 0.0500. The zero-order chi connectivity index (χ0) is 54.0. The molecule has 0 saturated heterocycles. The zero-order valence-corrected chi connectivity index (χ0v) is 45.3. The summed E-state index contributed by atoms with van der Waals surface area (Å²) in [4.78, 5) is 2.59. The van der Waals surface area contributed by atoms with Gasteiger partial charge in [0.2, 0.25) is 0 Å². The Labute approximate surface area is 475 Å². The highest BCUT2D eigenvalue weighted by atomic mass is 16.3. The molecule has 15 aromatic rings. The first kappa shape index (κ1) is 45.6. The maximum atomic E-state index is 6.94. The quantitative estimate of drug-likeness (QED) is 0.160. The van der Waals surface area contributed by atoms with Crippen LogP contribution in [0.2, 0.25) is 0 Å². The molecule has 0 bridgehead atoms. The average molecular weight is 1040 g/mol. The molecule has 0 fully saturated rings. The summed E-state index contributed by atoms with van der Waals surface area (Å²) in [6, 6.07) is 103. The molecule has 0 unspecified atom stereocenters. The van der Waals surface area contributed by atoms with Crippen molar-refractivity contribution in [1.29, 1.82) is 0 Å². The molecule has 2 heteroatoms. The molecule has 82 heavy (non-hydrogen) atoms. The van der Waals surface area contributed by atoms with Gasteiger partial charge in [-0.25, -0.2) is 0 Å². The van der Waals surface area contributed by atoms with Crippen LogP contribution in [0.4, 0.5) is 17.1 Å². The highest BCUT2D eigenvalue weighted by molar-refractivity contribution is 6.30. The lowest BCUT2D eigenvalue weighted by Gasteiger charge is -2.33. The highest BCUT2D eigenvalue weighted by Crippen LogP contribution is 2.64. The first-order valence-electron chi connectivity index (χ1n) is 28.7. The van der Waals surface area contributed by atoms with Crippen LogP contribution in [0, 0.1) is 0 Å². The van der Waals surface area contributed by atoms with Crippen molar-refractivity contribution in [3.8, 4) is 55.6 Å². The van der Waals surface area contributed by atoms with Gasteiger partial charge in [0.1, 0.15) is 11.2 Å². The van der Waals surface area contributed by atoms with Crippen molar-refractivity contribution in [2.24, 2.45) is 0 Å². The van der Waals surface area contributed by atoms with Crippen LogP contribution in [0.15, 0.2) is 277 Å². The first-order chi connectivity index (χ1) is 40.4. The van der Waals surface area contributed by atoms with Crippen molar-refractivity contribution in [2.75, 3.05) is 4.90 Å². The number of hydrogen-bond acceptors (Lipinski definition) is 2. The summed E-state index contributed by atoms with van der Waals surface area (Å²) in [7, 11) is 0. The van der Waals surface area contributed by atoms with E-state index in [2.05, 4.69) is 292 Å². The van der Waals surface area contributed by atoms with Gasteiger partial charge in [0.15, 0.2) is 0 Å². The molecule has 1 heterocycles. The van der Waals surface area contributed by atoms with Gasteiger partial charge in [-0.05, 0) is 170 Å². The fourth-order valence-corrected chi connectivity index (χ4v) is 15.6. The standard InChI is InChI=1S/C80H51NO/c1-79(2)67-30-14-10-27-61(67)66-46-51(38-43-68(66)79)81(52-37-41-62-60-26-13-17-33-71(60)80(72(62)47-52)69-31-15-11-24-58(69)59-25-12-16-32-70(59)80)73-44-42-64-57-23-7-6-21-55(57)56-22-8-9-28-63(56)77(64)75(73)50-36-39-54-49(45-50)35-40-65-76-53(48-19-4-3-5-20-48)29-18-34-74(76)82-78(54)65/h3-47H,1-2H3. The number of anilines is 3. The van der Waals surface area contributed by atoms with Gasteiger partial charge in [-0.1, -0.05) is 232 Å². The van der Waals surface area contributed by atoms with Crippen molar-refractivity contribution in [3.05, 3.63) is 306 Å². The summed E-state index contributed by atoms with van der Waals surface area (Å²) < 4.78 is 6.94. The Bertz CT molecular complexity index is 5170. The third kappa shape index (κ3) is 5.98. The molecule has 0 N–H and O–H groups in total. The number of furan rings is 1. The van der Waals surface area contributed by atoms with Crippen molar-refractivity contribution < 1.29 is 4.42 Å². The minimum atomic E-state index is -0.523. The van der Waals surface area contributed by atoms with Crippen LogP contribution in [0.1, 0.15) is 47.2 Å². The Balaban J connectivity index is 0.950. The summed E-state index contributed by atoms with van der Waals surface area (Å²) in [5.74, 6) is 0. The van der Waals surface area contributed by atoms with Crippen molar-refractivity contribution >= 4 is 82.1 Å². The molecule has 0 saturated carbocycles. The molecule has 3 aliphatic carbocycles. The Morgan fingerprint density at radius 2 is 0.817 bits per heavy atom. The van der Waals surface area contributed by atoms with E-state index in [-0.39, 0.29) is 5.41 Å².